The average Bonchev–Trinajstić information content (AvgIpc) is 3.03. The zero-order valence-electron chi connectivity index (χ0n) is 18.4. The van der Waals surface area contributed by atoms with E-state index in [9.17, 15) is 22.8 Å². The van der Waals surface area contributed by atoms with Crippen LogP contribution in [0.2, 0.25) is 5.02 Å². The summed E-state index contributed by atoms with van der Waals surface area (Å²) in [4.78, 5) is 27.5. The third-order valence-electron chi connectivity index (χ3n) is 5.12. The van der Waals surface area contributed by atoms with Crippen molar-refractivity contribution in [1.82, 2.24) is 9.47 Å². The van der Waals surface area contributed by atoms with E-state index in [1.54, 1.807) is 19.0 Å². The number of nitrogens with zero attached hydrogens (tertiary/aromatic N) is 2. The van der Waals surface area contributed by atoms with Gasteiger partial charge in [0.25, 0.3) is 5.91 Å². The molecule has 33 heavy (non-hydrogen) atoms. The van der Waals surface area contributed by atoms with Crippen LogP contribution in [0.4, 0.5) is 13.2 Å². The SMILES string of the molecule is COC(=O)Cc1c(CN(C)C)n(C(=O)c2ccc(Cl)cc2)c2cc(C(F)(F)F)c(OC)cc12. The van der Waals surface area contributed by atoms with Gasteiger partial charge in [0.1, 0.15) is 5.75 Å². The van der Waals surface area contributed by atoms with Crippen molar-refractivity contribution in [3.63, 3.8) is 0 Å². The zero-order valence-corrected chi connectivity index (χ0v) is 19.2. The number of aromatic nitrogens is 1. The van der Waals surface area contributed by atoms with Gasteiger partial charge < -0.3 is 14.4 Å². The number of carbonyl (C=O) groups excluding carboxylic acids is 2. The fourth-order valence-electron chi connectivity index (χ4n) is 3.65. The lowest BCUT2D eigenvalue weighted by Gasteiger charge is -2.16. The molecule has 10 heteroatoms. The quantitative estimate of drug-likeness (QED) is 0.473. The van der Waals surface area contributed by atoms with Crippen LogP contribution in [-0.2, 0) is 28.7 Å². The van der Waals surface area contributed by atoms with Crippen molar-refractivity contribution in [2.45, 2.75) is 19.1 Å². The van der Waals surface area contributed by atoms with E-state index in [0.717, 1.165) is 13.2 Å². The largest absolute Gasteiger partial charge is 0.496 e. The maximum atomic E-state index is 13.8. The second-order valence-corrected chi connectivity index (χ2v) is 8.07. The van der Waals surface area contributed by atoms with Crippen LogP contribution in [0.5, 0.6) is 5.75 Å². The summed E-state index contributed by atoms with van der Waals surface area (Å²) < 4.78 is 52.3. The molecule has 0 N–H and O–H groups in total. The Morgan fingerprint density at radius 1 is 1.09 bits per heavy atom. The predicted octanol–water partition coefficient (Wildman–Crippen LogP) is 4.79. The molecule has 0 bridgehead atoms. The summed E-state index contributed by atoms with van der Waals surface area (Å²) in [6.07, 6.45) is -4.95. The van der Waals surface area contributed by atoms with E-state index in [1.807, 2.05) is 0 Å². The Hall–Kier alpha value is -3.04. The Morgan fingerprint density at radius 2 is 1.73 bits per heavy atom. The molecular formula is C23H22ClF3N2O4. The van der Waals surface area contributed by atoms with E-state index >= 15 is 0 Å². The Kier molecular flexibility index (Phi) is 7.04. The molecule has 0 aliphatic rings. The molecule has 0 fully saturated rings. The molecule has 0 saturated heterocycles. The monoisotopic (exact) mass is 482 g/mol. The van der Waals surface area contributed by atoms with Gasteiger partial charge in [-0.15, -0.1) is 0 Å². The number of carbonyl (C=O) groups is 2. The maximum absolute atomic E-state index is 13.8. The first kappa shape index (κ1) is 24.6. The van der Waals surface area contributed by atoms with Gasteiger partial charge in [-0.25, -0.2) is 0 Å². The normalized spacial score (nSPS) is 11.8. The number of alkyl halides is 3. The topological polar surface area (TPSA) is 60.8 Å². The summed E-state index contributed by atoms with van der Waals surface area (Å²) in [5.41, 5.74) is -0.0214. The van der Waals surface area contributed by atoms with E-state index in [4.69, 9.17) is 21.1 Å². The number of esters is 1. The van der Waals surface area contributed by atoms with Crippen LogP contribution >= 0.6 is 11.6 Å². The van der Waals surface area contributed by atoms with Gasteiger partial charge in [-0.1, -0.05) is 11.6 Å². The average molecular weight is 483 g/mol. The number of benzene rings is 2. The highest BCUT2D eigenvalue weighted by Crippen LogP contribution is 2.41. The minimum atomic E-state index is -4.72. The Bertz CT molecular complexity index is 1200. The highest BCUT2D eigenvalue weighted by Gasteiger charge is 2.36. The summed E-state index contributed by atoms with van der Waals surface area (Å²) in [6, 6.07) is 8.11. The van der Waals surface area contributed by atoms with Crippen molar-refractivity contribution in [2.24, 2.45) is 0 Å². The van der Waals surface area contributed by atoms with Crippen LogP contribution in [0.25, 0.3) is 10.9 Å². The second-order valence-electron chi connectivity index (χ2n) is 7.63. The van der Waals surface area contributed by atoms with Gasteiger partial charge in [0.05, 0.1) is 31.7 Å². The van der Waals surface area contributed by atoms with Crippen molar-refractivity contribution < 1.29 is 32.2 Å². The molecule has 176 valence electrons. The molecule has 3 rings (SSSR count). The fraction of sp³-hybridized carbons (Fsp3) is 0.304. The summed E-state index contributed by atoms with van der Waals surface area (Å²) in [5.74, 6) is -1.55. The first-order chi connectivity index (χ1) is 15.5. The molecule has 0 unspecified atom stereocenters. The van der Waals surface area contributed by atoms with Gasteiger partial charge in [0, 0.05) is 28.2 Å². The van der Waals surface area contributed by atoms with Crippen LogP contribution < -0.4 is 4.74 Å². The number of methoxy groups -OCH3 is 2. The molecule has 3 aromatic rings. The molecule has 0 aliphatic heterocycles. The Labute approximate surface area is 193 Å². The minimum Gasteiger partial charge on any atom is -0.496 e. The number of rotatable bonds is 6. The summed E-state index contributed by atoms with van der Waals surface area (Å²) in [5, 5.41) is 0.706. The maximum Gasteiger partial charge on any atom is 0.420 e. The highest BCUT2D eigenvalue weighted by atomic mass is 35.5. The van der Waals surface area contributed by atoms with E-state index in [1.165, 1.54) is 42.0 Å². The molecule has 0 amide bonds. The molecule has 0 aliphatic carbocycles. The second kappa shape index (κ2) is 9.44. The third-order valence-corrected chi connectivity index (χ3v) is 5.37. The van der Waals surface area contributed by atoms with E-state index in [2.05, 4.69) is 0 Å². The van der Waals surface area contributed by atoms with Crippen LogP contribution in [0.15, 0.2) is 36.4 Å². The molecule has 1 heterocycles. The molecule has 0 saturated carbocycles. The Morgan fingerprint density at radius 3 is 2.24 bits per heavy atom. The van der Waals surface area contributed by atoms with Crippen molar-refractivity contribution >= 4 is 34.4 Å². The van der Waals surface area contributed by atoms with E-state index in [-0.39, 0.29) is 24.0 Å². The van der Waals surface area contributed by atoms with Crippen molar-refractivity contribution in [2.75, 3.05) is 28.3 Å². The highest BCUT2D eigenvalue weighted by molar-refractivity contribution is 6.30. The molecule has 0 spiro atoms. The minimum absolute atomic E-state index is 0.0128. The van der Waals surface area contributed by atoms with Gasteiger partial charge in [-0.2, -0.15) is 13.2 Å². The molecule has 2 aromatic carbocycles. The standard InChI is InChI=1S/C23H22ClF3N2O4/c1-28(2)12-19-16(10-21(30)33-4)15-9-20(32-3)17(23(25,26)27)11-18(15)29(19)22(31)13-5-7-14(24)8-6-13/h5-9,11H,10,12H2,1-4H3. The first-order valence-electron chi connectivity index (χ1n) is 9.81. The van der Waals surface area contributed by atoms with Crippen LogP contribution in [0, 0.1) is 0 Å². The fourth-order valence-corrected chi connectivity index (χ4v) is 3.78. The number of fused-ring (bicyclic) bond motifs is 1. The number of hydrogen-bond donors (Lipinski definition) is 0. The predicted molar refractivity (Wildman–Crippen MR) is 118 cm³/mol. The van der Waals surface area contributed by atoms with Crippen LogP contribution in [0.1, 0.15) is 27.2 Å². The van der Waals surface area contributed by atoms with Crippen molar-refractivity contribution in [3.05, 3.63) is 63.8 Å². The molecule has 1 aromatic heterocycles. The molecule has 0 radical (unpaired) electrons. The lowest BCUT2D eigenvalue weighted by Crippen LogP contribution is -2.21. The van der Waals surface area contributed by atoms with Gasteiger partial charge in [0.15, 0.2) is 0 Å². The molecular weight excluding hydrogens is 461 g/mol. The van der Waals surface area contributed by atoms with Crippen LogP contribution in [-0.4, -0.2) is 49.7 Å². The van der Waals surface area contributed by atoms with Gasteiger partial charge in [-0.3, -0.25) is 14.2 Å². The van der Waals surface area contributed by atoms with E-state index < -0.39 is 29.4 Å². The van der Waals surface area contributed by atoms with Crippen molar-refractivity contribution in [1.29, 1.82) is 0 Å². The molecule has 0 atom stereocenters. The Balaban J connectivity index is 2.43. The van der Waals surface area contributed by atoms with Gasteiger partial charge in [-0.05, 0) is 56.1 Å². The zero-order chi connectivity index (χ0) is 24.5. The molecule has 6 nitrogen and oxygen atoms in total. The lowest BCUT2D eigenvalue weighted by molar-refractivity contribution is -0.140. The number of ether oxygens (including phenoxy) is 2. The smallest absolute Gasteiger partial charge is 0.420 e. The van der Waals surface area contributed by atoms with Gasteiger partial charge >= 0.3 is 12.1 Å². The summed E-state index contributed by atoms with van der Waals surface area (Å²) in [6.45, 7) is 0.185. The number of halogens is 4. The van der Waals surface area contributed by atoms with E-state index in [0.29, 0.717) is 21.7 Å². The van der Waals surface area contributed by atoms with Crippen LogP contribution in [0.3, 0.4) is 0 Å². The number of hydrogen-bond acceptors (Lipinski definition) is 5. The first-order valence-corrected chi connectivity index (χ1v) is 10.2. The van der Waals surface area contributed by atoms with Gasteiger partial charge in [0.2, 0.25) is 0 Å². The summed E-state index contributed by atoms with van der Waals surface area (Å²) >= 11 is 5.92. The lowest BCUT2D eigenvalue weighted by atomic mass is 10.0. The summed E-state index contributed by atoms with van der Waals surface area (Å²) in [7, 11) is 5.85. The van der Waals surface area contributed by atoms with Crippen molar-refractivity contribution in [3.8, 4) is 5.75 Å². The third kappa shape index (κ3) is 4.99.